The number of urea groups is 1. The van der Waals surface area contributed by atoms with Crippen molar-refractivity contribution in [2.45, 2.75) is 6.18 Å². The monoisotopic (exact) mass is 394 g/mol. The summed E-state index contributed by atoms with van der Waals surface area (Å²) in [5, 5.41) is 2.77. The first-order valence-electron chi connectivity index (χ1n) is 8.91. The predicted octanol–water partition coefficient (Wildman–Crippen LogP) is 3.01. The van der Waals surface area contributed by atoms with E-state index in [2.05, 4.69) is 15.2 Å². The minimum atomic E-state index is -4.37. The first kappa shape index (κ1) is 19.8. The summed E-state index contributed by atoms with van der Waals surface area (Å²) in [4.78, 5) is 20.1. The third-order valence-corrected chi connectivity index (χ3v) is 4.42. The topological polar surface area (TPSA) is 57.7 Å². The van der Waals surface area contributed by atoms with Crippen molar-refractivity contribution in [2.24, 2.45) is 0 Å². The summed E-state index contributed by atoms with van der Waals surface area (Å²) >= 11 is 0. The number of pyridine rings is 1. The molecule has 1 N–H and O–H groups in total. The lowest BCUT2D eigenvalue weighted by molar-refractivity contribution is -0.137. The standard InChI is InChI=1S/C19H21F3N4O2/c20-19(21,22)15-1-3-17(4-2-15)28-14-9-24-18(27)26-12-10-25(11-13-26)16-5-7-23-8-6-16/h1-8H,9-14H2,(H,24,27). The third kappa shape index (κ3) is 5.28. The van der Waals surface area contributed by atoms with Crippen LogP contribution in [0.3, 0.4) is 0 Å². The molecule has 28 heavy (non-hydrogen) atoms. The Morgan fingerprint density at radius 3 is 2.29 bits per heavy atom. The van der Waals surface area contributed by atoms with Gasteiger partial charge in [-0.2, -0.15) is 13.2 Å². The van der Waals surface area contributed by atoms with Crippen LogP contribution in [0.4, 0.5) is 23.7 Å². The van der Waals surface area contributed by atoms with Gasteiger partial charge in [-0.1, -0.05) is 0 Å². The fourth-order valence-corrected chi connectivity index (χ4v) is 2.90. The summed E-state index contributed by atoms with van der Waals surface area (Å²) in [6, 6.07) is 8.17. The van der Waals surface area contributed by atoms with Crippen molar-refractivity contribution in [1.29, 1.82) is 0 Å². The maximum absolute atomic E-state index is 12.5. The minimum Gasteiger partial charge on any atom is -0.492 e. The zero-order valence-electron chi connectivity index (χ0n) is 15.2. The van der Waals surface area contributed by atoms with Crippen molar-refractivity contribution in [3.8, 4) is 5.75 Å². The van der Waals surface area contributed by atoms with Gasteiger partial charge in [0, 0.05) is 44.3 Å². The highest BCUT2D eigenvalue weighted by Gasteiger charge is 2.30. The van der Waals surface area contributed by atoms with E-state index >= 15 is 0 Å². The number of carbonyl (C=O) groups excluding carboxylic acids is 1. The number of ether oxygens (including phenoxy) is 1. The molecule has 0 atom stereocenters. The summed E-state index contributed by atoms with van der Waals surface area (Å²) in [6.07, 6.45) is -0.885. The van der Waals surface area contributed by atoms with Crippen LogP contribution in [0.25, 0.3) is 0 Å². The van der Waals surface area contributed by atoms with Gasteiger partial charge in [-0.3, -0.25) is 4.98 Å². The molecule has 1 aliphatic heterocycles. The fraction of sp³-hybridized carbons (Fsp3) is 0.368. The lowest BCUT2D eigenvalue weighted by Crippen LogP contribution is -2.52. The van der Waals surface area contributed by atoms with E-state index in [-0.39, 0.29) is 19.2 Å². The second kappa shape index (κ2) is 8.81. The largest absolute Gasteiger partial charge is 0.492 e. The quantitative estimate of drug-likeness (QED) is 0.793. The molecule has 1 fully saturated rings. The average molecular weight is 394 g/mol. The van der Waals surface area contributed by atoms with Gasteiger partial charge in [0.1, 0.15) is 12.4 Å². The van der Waals surface area contributed by atoms with Crippen LogP contribution in [0.15, 0.2) is 48.8 Å². The van der Waals surface area contributed by atoms with Crippen molar-refractivity contribution in [3.05, 3.63) is 54.4 Å². The number of hydrogen-bond acceptors (Lipinski definition) is 4. The summed E-state index contributed by atoms with van der Waals surface area (Å²) in [6.45, 7) is 3.12. The molecule has 1 aromatic carbocycles. The lowest BCUT2D eigenvalue weighted by Gasteiger charge is -2.36. The Morgan fingerprint density at radius 2 is 1.68 bits per heavy atom. The van der Waals surface area contributed by atoms with Crippen LogP contribution in [0.2, 0.25) is 0 Å². The second-order valence-corrected chi connectivity index (χ2v) is 6.28. The molecule has 2 aromatic rings. The molecule has 0 saturated carbocycles. The Balaban J connectivity index is 1.36. The van der Waals surface area contributed by atoms with Crippen LogP contribution >= 0.6 is 0 Å². The van der Waals surface area contributed by atoms with Gasteiger partial charge in [0.25, 0.3) is 0 Å². The van der Waals surface area contributed by atoms with E-state index in [9.17, 15) is 18.0 Å². The summed E-state index contributed by atoms with van der Waals surface area (Å²) in [5.74, 6) is 0.327. The van der Waals surface area contributed by atoms with E-state index in [1.165, 1.54) is 12.1 Å². The number of benzene rings is 1. The second-order valence-electron chi connectivity index (χ2n) is 6.28. The first-order chi connectivity index (χ1) is 13.4. The van der Waals surface area contributed by atoms with Crippen LogP contribution < -0.4 is 15.0 Å². The van der Waals surface area contributed by atoms with Gasteiger partial charge in [-0.05, 0) is 36.4 Å². The van der Waals surface area contributed by atoms with Crippen molar-refractivity contribution in [2.75, 3.05) is 44.2 Å². The molecule has 0 bridgehead atoms. The van der Waals surface area contributed by atoms with E-state index in [0.29, 0.717) is 18.8 Å². The van der Waals surface area contributed by atoms with Gasteiger partial charge in [0.2, 0.25) is 0 Å². The predicted molar refractivity (Wildman–Crippen MR) is 98.4 cm³/mol. The Morgan fingerprint density at radius 1 is 1.04 bits per heavy atom. The Kier molecular flexibility index (Phi) is 6.23. The molecule has 150 valence electrons. The van der Waals surface area contributed by atoms with Gasteiger partial charge >= 0.3 is 12.2 Å². The van der Waals surface area contributed by atoms with Gasteiger partial charge in [0.05, 0.1) is 12.1 Å². The molecule has 1 saturated heterocycles. The third-order valence-electron chi connectivity index (χ3n) is 4.42. The lowest BCUT2D eigenvalue weighted by atomic mass is 10.2. The number of hydrogen-bond donors (Lipinski definition) is 1. The van der Waals surface area contributed by atoms with Crippen LogP contribution in [-0.2, 0) is 6.18 Å². The Hall–Kier alpha value is -2.97. The molecular weight excluding hydrogens is 373 g/mol. The number of halogens is 3. The van der Waals surface area contributed by atoms with Crippen molar-refractivity contribution >= 4 is 11.7 Å². The highest BCUT2D eigenvalue weighted by molar-refractivity contribution is 5.74. The smallest absolute Gasteiger partial charge is 0.416 e. The zero-order chi connectivity index (χ0) is 20.0. The van der Waals surface area contributed by atoms with E-state index in [4.69, 9.17) is 4.74 Å². The van der Waals surface area contributed by atoms with Crippen molar-refractivity contribution in [3.63, 3.8) is 0 Å². The normalized spacial score (nSPS) is 14.7. The maximum Gasteiger partial charge on any atom is 0.416 e. The average Bonchev–Trinajstić information content (AvgIpc) is 2.71. The molecule has 2 heterocycles. The van der Waals surface area contributed by atoms with Crippen LogP contribution in [0.1, 0.15) is 5.56 Å². The molecule has 1 aliphatic rings. The number of amides is 2. The highest BCUT2D eigenvalue weighted by Crippen LogP contribution is 2.30. The molecule has 3 rings (SSSR count). The molecule has 0 radical (unpaired) electrons. The van der Waals surface area contributed by atoms with E-state index in [1.54, 1.807) is 17.3 Å². The van der Waals surface area contributed by atoms with Gasteiger partial charge in [-0.25, -0.2) is 4.79 Å². The number of nitrogens with zero attached hydrogens (tertiary/aromatic N) is 3. The molecule has 2 amide bonds. The maximum atomic E-state index is 12.5. The zero-order valence-corrected chi connectivity index (χ0v) is 15.2. The molecule has 6 nitrogen and oxygen atoms in total. The van der Waals surface area contributed by atoms with Crippen LogP contribution in [0, 0.1) is 0 Å². The van der Waals surface area contributed by atoms with Crippen molar-refractivity contribution < 1.29 is 22.7 Å². The summed E-state index contributed by atoms with van der Waals surface area (Å²) in [7, 11) is 0. The first-order valence-corrected chi connectivity index (χ1v) is 8.91. The molecule has 1 aromatic heterocycles. The molecule has 0 aliphatic carbocycles. The molecule has 0 spiro atoms. The number of alkyl halides is 3. The van der Waals surface area contributed by atoms with Gasteiger partial charge in [0.15, 0.2) is 0 Å². The fourth-order valence-electron chi connectivity index (χ4n) is 2.90. The molecule has 9 heteroatoms. The van der Waals surface area contributed by atoms with E-state index in [0.717, 1.165) is 30.9 Å². The Bertz CT molecular complexity index is 761. The van der Waals surface area contributed by atoms with E-state index < -0.39 is 11.7 Å². The summed E-state index contributed by atoms with van der Waals surface area (Å²) < 4.78 is 42.9. The molecule has 0 unspecified atom stereocenters. The molecular formula is C19H21F3N4O2. The number of carbonyl (C=O) groups is 1. The number of piperazine rings is 1. The van der Waals surface area contributed by atoms with Crippen LogP contribution in [0.5, 0.6) is 5.75 Å². The minimum absolute atomic E-state index is 0.175. The Labute approximate surface area is 160 Å². The van der Waals surface area contributed by atoms with Crippen molar-refractivity contribution in [1.82, 2.24) is 15.2 Å². The van der Waals surface area contributed by atoms with E-state index in [1.807, 2.05) is 12.1 Å². The summed E-state index contributed by atoms with van der Waals surface area (Å²) in [5.41, 5.74) is 0.360. The number of aromatic nitrogens is 1. The highest BCUT2D eigenvalue weighted by atomic mass is 19.4. The SMILES string of the molecule is O=C(NCCOc1ccc(C(F)(F)F)cc1)N1CCN(c2ccncc2)CC1. The number of nitrogens with one attached hydrogen (secondary N) is 1. The van der Waals surface area contributed by atoms with Gasteiger partial charge < -0.3 is 19.9 Å². The van der Waals surface area contributed by atoms with Gasteiger partial charge in [-0.15, -0.1) is 0 Å². The number of rotatable bonds is 5. The van der Waals surface area contributed by atoms with Crippen LogP contribution in [-0.4, -0.2) is 55.2 Å². The number of anilines is 1.